The number of alkyl halides is 3. The normalized spacial score (nSPS) is 16.8. The molecule has 0 atom stereocenters. The molecule has 0 spiro atoms. The lowest BCUT2D eigenvalue weighted by atomic mass is 10.1. The fourth-order valence-electron chi connectivity index (χ4n) is 2.20. The van der Waals surface area contributed by atoms with Crippen LogP contribution in [-0.4, -0.2) is 13.1 Å². The smallest absolute Gasteiger partial charge is 0.369 e. The zero-order valence-electron chi connectivity index (χ0n) is 9.83. The van der Waals surface area contributed by atoms with Crippen molar-refractivity contribution in [2.24, 2.45) is 0 Å². The van der Waals surface area contributed by atoms with Crippen LogP contribution >= 0.6 is 0 Å². The minimum Gasteiger partial charge on any atom is -0.369 e. The Bertz CT molecular complexity index is 476. The molecule has 0 amide bonds. The number of rotatable bonds is 1. The number of piperidine rings is 1. The summed E-state index contributed by atoms with van der Waals surface area (Å²) in [6, 6.07) is 0.491. The first-order valence-corrected chi connectivity index (χ1v) is 5.82. The summed E-state index contributed by atoms with van der Waals surface area (Å²) in [5, 5.41) is 0. The van der Waals surface area contributed by atoms with Crippen molar-refractivity contribution < 1.29 is 26.3 Å². The highest BCUT2D eigenvalue weighted by atomic mass is 19.4. The number of benzene rings is 1. The first-order valence-electron chi connectivity index (χ1n) is 5.82. The molecule has 0 bridgehead atoms. The van der Waals surface area contributed by atoms with Gasteiger partial charge in [0.15, 0.2) is 17.5 Å². The fourth-order valence-corrected chi connectivity index (χ4v) is 2.20. The molecule has 1 nitrogen and oxygen atoms in total. The maximum Gasteiger partial charge on any atom is 0.422 e. The third-order valence-corrected chi connectivity index (χ3v) is 3.12. The molecule has 1 aromatic rings. The molecule has 7 heteroatoms. The third kappa shape index (κ3) is 2.64. The van der Waals surface area contributed by atoms with Gasteiger partial charge in [-0.3, -0.25) is 0 Å². The highest BCUT2D eigenvalue weighted by Crippen LogP contribution is 2.38. The van der Waals surface area contributed by atoms with Crippen molar-refractivity contribution in [3.8, 4) is 0 Å². The van der Waals surface area contributed by atoms with Crippen LogP contribution in [0.25, 0.3) is 0 Å². The molecule has 106 valence electrons. The van der Waals surface area contributed by atoms with Gasteiger partial charge in [-0.25, -0.2) is 13.2 Å². The molecule has 2 rings (SSSR count). The Kier molecular flexibility index (Phi) is 3.64. The standard InChI is InChI=1S/C12H11F6N/c13-7-6-8(19-4-2-1-3-5-19)11(15)9(10(7)14)12(16,17)18/h6H,1-5H2. The molecule has 0 radical (unpaired) electrons. The molecule has 19 heavy (non-hydrogen) atoms. The molecular formula is C12H11F6N. The van der Waals surface area contributed by atoms with Crippen LogP contribution in [0.1, 0.15) is 24.8 Å². The minimum atomic E-state index is -5.26. The fraction of sp³-hybridized carbons (Fsp3) is 0.500. The van der Waals surface area contributed by atoms with E-state index in [1.54, 1.807) is 0 Å². The van der Waals surface area contributed by atoms with Crippen LogP contribution in [0.3, 0.4) is 0 Å². The largest absolute Gasteiger partial charge is 0.422 e. The third-order valence-electron chi connectivity index (χ3n) is 3.12. The van der Waals surface area contributed by atoms with E-state index in [1.165, 1.54) is 4.90 Å². The Labute approximate surface area is 105 Å². The van der Waals surface area contributed by atoms with Crippen LogP contribution in [0, 0.1) is 17.5 Å². The maximum atomic E-state index is 13.8. The molecule has 1 saturated heterocycles. The van der Waals surface area contributed by atoms with Gasteiger partial charge in [0, 0.05) is 19.2 Å². The molecule has 1 fully saturated rings. The Morgan fingerprint density at radius 3 is 2.00 bits per heavy atom. The van der Waals surface area contributed by atoms with Crippen LogP contribution in [-0.2, 0) is 6.18 Å². The van der Waals surface area contributed by atoms with Crippen molar-refractivity contribution in [1.82, 2.24) is 0 Å². The Balaban J connectivity index is 2.53. The van der Waals surface area contributed by atoms with Gasteiger partial charge in [-0.1, -0.05) is 0 Å². The predicted molar refractivity (Wildman–Crippen MR) is 57.4 cm³/mol. The molecular weight excluding hydrogens is 272 g/mol. The maximum absolute atomic E-state index is 13.8. The second-order valence-electron chi connectivity index (χ2n) is 4.43. The Morgan fingerprint density at radius 1 is 0.895 bits per heavy atom. The van der Waals surface area contributed by atoms with E-state index in [9.17, 15) is 26.3 Å². The molecule has 1 aromatic carbocycles. The second-order valence-corrected chi connectivity index (χ2v) is 4.43. The lowest BCUT2D eigenvalue weighted by Crippen LogP contribution is -2.31. The zero-order chi connectivity index (χ0) is 14.2. The van der Waals surface area contributed by atoms with E-state index in [2.05, 4.69) is 0 Å². The average molecular weight is 283 g/mol. The summed E-state index contributed by atoms with van der Waals surface area (Å²) >= 11 is 0. The summed E-state index contributed by atoms with van der Waals surface area (Å²) in [5.74, 6) is -5.62. The molecule has 0 saturated carbocycles. The average Bonchev–Trinajstić information content (AvgIpc) is 2.33. The van der Waals surface area contributed by atoms with Crippen LogP contribution in [0.15, 0.2) is 6.07 Å². The van der Waals surface area contributed by atoms with E-state index in [1.807, 2.05) is 0 Å². The molecule has 1 heterocycles. The van der Waals surface area contributed by atoms with E-state index >= 15 is 0 Å². The van der Waals surface area contributed by atoms with Crippen molar-refractivity contribution in [3.05, 3.63) is 29.1 Å². The van der Waals surface area contributed by atoms with Gasteiger partial charge in [0.2, 0.25) is 0 Å². The summed E-state index contributed by atoms with van der Waals surface area (Å²) in [7, 11) is 0. The number of halogens is 6. The lowest BCUT2D eigenvalue weighted by molar-refractivity contribution is -0.142. The van der Waals surface area contributed by atoms with Crippen molar-refractivity contribution in [2.75, 3.05) is 18.0 Å². The monoisotopic (exact) mass is 283 g/mol. The lowest BCUT2D eigenvalue weighted by Gasteiger charge is -2.30. The van der Waals surface area contributed by atoms with Crippen LogP contribution in [0.5, 0.6) is 0 Å². The Hall–Kier alpha value is -1.40. The van der Waals surface area contributed by atoms with Gasteiger partial charge in [-0.2, -0.15) is 13.2 Å². The summed E-state index contributed by atoms with van der Waals surface area (Å²) in [6.45, 7) is 0.665. The first-order chi connectivity index (χ1) is 8.82. The number of nitrogens with zero attached hydrogens (tertiary/aromatic N) is 1. The van der Waals surface area contributed by atoms with Crippen molar-refractivity contribution in [2.45, 2.75) is 25.4 Å². The summed E-state index contributed by atoms with van der Waals surface area (Å²) < 4.78 is 77.9. The van der Waals surface area contributed by atoms with Crippen LogP contribution in [0.4, 0.5) is 32.0 Å². The Morgan fingerprint density at radius 2 is 1.47 bits per heavy atom. The highest BCUT2D eigenvalue weighted by Gasteiger charge is 2.41. The molecule has 0 N–H and O–H groups in total. The van der Waals surface area contributed by atoms with E-state index < -0.39 is 34.9 Å². The van der Waals surface area contributed by atoms with Gasteiger partial charge >= 0.3 is 6.18 Å². The molecule has 0 aliphatic carbocycles. The summed E-state index contributed by atoms with van der Waals surface area (Å²) in [5.41, 5.74) is -2.68. The topological polar surface area (TPSA) is 3.24 Å². The van der Waals surface area contributed by atoms with E-state index in [0.29, 0.717) is 32.0 Å². The van der Waals surface area contributed by atoms with Crippen molar-refractivity contribution in [1.29, 1.82) is 0 Å². The van der Waals surface area contributed by atoms with Gasteiger partial charge in [-0.15, -0.1) is 0 Å². The van der Waals surface area contributed by atoms with Crippen molar-refractivity contribution >= 4 is 5.69 Å². The van der Waals surface area contributed by atoms with Gasteiger partial charge in [-0.05, 0) is 19.3 Å². The number of hydrogen-bond acceptors (Lipinski definition) is 1. The van der Waals surface area contributed by atoms with Crippen LogP contribution in [0.2, 0.25) is 0 Å². The molecule has 1 aliphatic rings. The van der Waals surface area contributed by atoms with Crippen molar-refractivity contribution in [3.63, 3.8) is 0 Å². The summed E-state index contributed by atoms with van der Waals surface area (Å²) in [6.07, 6.45) is -3.02. The van der Waals surface area contributed by atoms with E-state index in [-0.39, 0.29) is 0 Å². The van der Waals surface area contributed by atoms with E-state index in [0.717, 1.165) is 6.42 Å². The zero-order valence-corrected chi connectivity index (χ0v) is 9.83. The molecule has 1 aliphatic heterocycles. The minimum absolute atomic E-state index is 0.333. The number of hydrogen-bond donors (Lipinski definition) is 0. The van der Waals surface area contributed by atoms with Gasteiger partial charge in [0.05, 0.1) is 5.69 Å². The summed E-state index contributed by atoms with van der Waals surface area (Å²) in [4.78, 5) is 1.32. The number of anilines is 1. The van der Waals surface area contributed by atoms with E-state index in [4.69, 9.17) is 0 Å². The first kappa shape index (κ1) is 14.0. The highest BCUT2D eigenvalue weighted by molar-refractivity contribution is 5.52. The van der Waals surface area contributed by atoms with Gasteiger partial charge in [0.25, 0.3) is 0 Å². The molecule has 0 aromatic heterocycles. The molecule has 0 unspecified atom stereocenters. The van der Waals surface area contributed by atoms with Gasteiger partial charge < -0.3 is 4.90 Å². The predicted octanol–water partition coefficient (Wildman–Crippen LogP) is 4.11. The van der Waals surface area contributed by atoms with Gasteiger partial charge in [0.1, 0.15) is 5.56 Å². The second kappa shape index (κ2) is 4.94. The SMILES string of the molecule is Fc1cc(N2CCCCC2)c(F)c(C(F)(F)F)c1F. The van der Waals surface area contributed by atoms with Crippen LogP contribution < -0.4 is 4.90 Å². The quantitative estimate of drug-likeness (QED) is 0.553.